The van der Waals surface area contributed by atoms with E-state index in [9.17, 15) is 13.2 Å². The minimum absolute atomic E-state index is 0.0104. The lowest BCUT2D eigenvalue weighted by Gasteiger charge is -2.09. The molecular formula is C11H8ClF3N4. The van der Waals surface area contributed by atoms with E-state index >= 15 is 0 Å². The number of hydrogen-bond donors (Lipinski definition) is 1. The lowest BCUT2D eigenvalue weighted by molar-refractivity contribution is -0.141. The predicted molar refractivity (Wildman–Crippen MR) is 63.6 cm³/mol. The molecule has 0 bridgehead atoms. The fraction of sp³-hybridized carbons (Fsp3) is 0.182. The van der Waals surface area contributed by atoms with Gasteiger partial charge in [-0.25, -0.2) is 9.97 Å². The van der Waals surface area contributed by atoms with Gasteiger partial charge in [-0.05, 0) is 23.2 Å². The van der Waals surface area contributed by atoms with Crippen LogP contribution in [-0.2, 0) is 12.7 Å². The van der Waals surface area contributed by atoms with Crippen LogP contribution in [0.1, 0.15) is 11.3 Å². The van der Waals surface area contributed by atoms with Crippen LogP contribution < -0.4 is 5.32 Å². The maximum absolute atomic E-state index is 12.5. The first-order valence-electron chi connectivity index (χ1n) is 5.20. The summed E-state index contributed by atoms with van der Waals surface area (Å²) in [5.41, 5.74) is -0.271. The van der Waals surface area contributed by atoms with Crippen LogP contribution in [0, 0.1) is 0 Å². The fourth-order valence-corrected chi connectivity index (χ4v) is 1.53. The smallest absolute Gasteiger partial charge is 0.366 e. The minimum Gasteiger partial charge on any atom is -0.366 e. The topological polar surface area (TPSA) is 50.7 Å². The first-order chi connectivity index (χ1) is 8.95. The molecule has 100 valence electrons. The summed E-state index contributed by atoms with van der Waals surface area (Å²) in [6, 6.07) is 4.32. The van der Waals surface area contributed by atoms with Gasteiger partial charge in [0.2, 0.25) is 5.28 Å². The summed E-state index contributed by atoms with van der Waals surface area (Å²) < 4.78 is 37.6. The zero-order valence-electron chi connectivity index (χ0n) is 9.45. The van der Waals surface area contributed by atoms with Crippen LogP contribution in [0.5, 0.6) is 0 Å². The molecule has 0 radical (unpaired) electrons. The summed E-state index contributed by atoms with van der Waals surface area (Å²) in [5.74, 6) is 0.0104. The Kier molecular flexibility index (Phi) is 3.84. The van der Waals surface area contributed by atoms with Crippen molar-refractivity contribution >= 4 is 17.4 Å². The third-order valence-electron chi connectivity index (χ3n) is 2.19. The molecule has 4 nitrogen and oxygen atoms in total. The highest BCUT2D eigenvalue weighted by molar-refractivity contribution is 6.28. The molecule has 2 aromatic heterocycles. The Morgan fingerprint density at radius 3 is 2.68 bits per heavy atom. The average Bonchev–Trinajstić information content (AvgIpc) is 2.36. The number of rotatable bonds is 3. The van der Waals surface area contributed by atoms with Crippen LogP contribution in [0.25, 0.3) is 0 Å². The summed E-state index contributed by atoms with van der Waals surface area (Å²) in [6.07, 6.45) is -1.36. The molecule has 0 aliphatic rings. The molecule has 2 heterocycles. The maximum atomic E-state index is 12.5. The Balaban J connectivity index is 2.15. The first-order valence-corrected chi connectivity index (χ1v) is 5.57. The van der Waals surface area contributed by atoms with Crippen molar-refractivity contribution in [2.45, 2.75) is 12.7 Å². The Bertz CT molecular complexity index is 560. The molecular weight excluding hydrogens is 281 g/mol. The second kappa shape index (κ2) is 5.40. The largest absolute Gasteiger partial charge is 0.433 e. The summed E-state index contributed by atoms with van der Waals surface area (Å²) in [5, 5.41) is 2.28. The van der Waals surface area contributed by atoms with Crippen LogP contribution in [0.2, 0.25) is 5.28 Å². The Labute approximate surface area is 111 Å². The van der Waals surface area contributed by atoms with Crippen LogP contribution >= 0.6 is 11.6 Å². The van der Waals surface area contributed by atoms with Gasteiger partial charge in [0.15, 0.2) is 5.69 Å². The Morgan fingerprint density at radius 2 is 2.05 bits per heavy atom. The van der Waals surface area contributed by atoms with Gasteiger partial charge in [0.05, 0.1) is 0 Å². The van der Waals surface area contributed by atoms with Gasteiger partial charge < -0.3 is 5.32 Å². The average molecular weight is 289 g/mol. The van der Waals surface area contributed by atoms with Crippen molar-refractivity contribution < 1.29 is 13.2 Å². The van der Waals surface area contributed by atoms with Crippen molar-refractivity contribution in [3.63, 3.8) is 0 Å². The number of nitrogens with one attached hydrogen (secondary N) is 1. The van der Waals surface area contributed by atoms with E-state index in [0.717, 1.165) is 11.6 Å². The highest BCUT2D eigenvalue weighted by Crippen LogP contribution is 2.29. The molecule has 0 aromatic carbocycles. The molecule has 19 heavy (non-hydrogen) atoms. The van der Waals surface area contributed by atoms with Crippen molar-refractivity contribution in [3.05, 3.63) is 47.1 Å². The molecule has 0 spiro atoms. The standard InChI is InChI=1S/C11H8ClF3N4/c12-10-18-8(11(13,14)15)4-9(19-10)17-6-7-2-1-3-16-5-7/h1-5H,6H2,(H,17,18,19). The number of nitrogens with zero attached hydrogens (tertiary/aromatic N) is 3. The van der Waals surface area contributed by atoms with Crippen LogP contribution in [-0.4, -0.2) is 15.0 Å². The summed E-state index contributed by atoms with van der Waals surface area (Å²) in [6.45, 7) is 0.290. The molecule has 0 saturated heterocycles. The van der Waals surface area contributed by atoms with E-state index in [4.69, 9.17) is 11.6 Å². The van der Waals surface area contributed by atoms with Gasteiger partial charge in [0.25, 0.3) is 0 Å². The van der Waals surface area contributed by atoms with Crippen molar-refractivity contribution in [1.82, 2.24) is 15.0 Å². The third kappa shape index (κ3) is 3.78. The van der Waals surface area contributed by atoms with Gasteiger partial charge in [-0.2, -0.15) is 13.2 Å². The van der Waals surface area contributed by atoms with E-state index in [1.54, 1.807) is 24.5 Å². The summed E-state index contributed by atoms with van der Waals surface area (Å²) in [4.78, 5) is 10.7. The molecule has 0 aliphatic heterocycles. The van der Waals surface area contributed by atoms with Gasteiger partial charge in [0, 0.05) is 25.0 Å². The first kappa shape index (κ1) is 13.5. The normalized spacial score (nSPS) is 11.4. The van der Waals surface area contributed by atoms with Crippen molar-refractivity contribution in [1.29, 1.82) is 0 Å². The third-order valence-corrected chi connectivity index (χ3v) is 2.35. The molecule has 8 heteroatoms. The highest BCUT2D eigenvalue weighted by atomic mass is 35.5. The van der Waals surface area contributed by atoms with Gasteiger partial charge in [-0.3, -0.25) is 4.98 Å². The van der Waals surface area contributed by atoms with Gasteiger partial charge >= 0.3 is 6.18 Å². The van der Waals surface area contributed by atoms with Crippen LogP contribution in [0.3, 0.4) is 0 Å². The maximum Gasteiger partial charge on any atom is 0.433 e. The fourth-order valence-electron chi connectivity index (χ4n) is 1.35. The molecule has 0 atom stereocenters. The zero-order valence-corrected chi connectivity index (χ0v) is 10.2. The van der Waals surface area contributed by atoms with E-state index in [1.165, 1.54) is 0 Å². The molecule has 2 rings (SSSR count). The second-order valence-electron chi connectivity index (χ2n) is 3.62. The summed E-state index contributed by atoms with van der Waals surface area (Å²) in [7, 11) is 0. The molecule has 2 aromatic rings. The number of alkyl halides is 3. The number of hydrogen-bond acceptors (Lipinski definition) is 4. The molecule has 1 N–H and O–H groups in total. The van der Waals surface area contributed by atoms with E-state index in [1.807, 2.05) is 0 Å². The number of halogens is 4. The van der Waals surface area contributed by atoms with Crippen LogP contribution in [0.15, 0.2) is 30.6 Å². The number of pyridine rings is 1. The van der Waals surface area contributed by atoms with E-state index in [-0.39, 0.29) is 5.82 Å². The minimum atomic E-state index is -4.56. The predicted octanol–water partition coefficient (Wildman–Crippen LogP) is 3.16. The molecule has 0 unspecified atom stereocenters. The van der Waals surface area contributed by atoms with E-state index in [0.29, 0.717) is 6.54 Å². The molecule has 0 saturated carbocycles. The Hall–Kier alpha value is -1.89. The SMILES string of the molecule is FC(F)(F)c1cc(NCc2cccnc2)nc(Cl)n1. The lowest BCUT2D eigenvalue weighted by Crippen LogP contribution is -2.11. The summed E-state index contributed by atoms with van der Waals surface area (Å²) >= 11 is 5.46. The Morgan fingerprint density at radius 1 is 1.26 bits per heavy atom. The van der Waals surface area contributed by atoms with Crippen molar-refractivity contribution in [2.24, 2.45) is 0 Å². The van der Waals surface area contributed by atoms with Crippen LogP contribution in [0.4, 0.5) is 19.0 Å². The lowest BCUT2D eigenvalue weighted by atomic mass is 10.3. The van der Waals surface area contributed by atoms with Crippen molar-refractivity contribution in [2.75, 3.05) is 5.32 Å². The highest BCUT2D eigenvalue weighted by Gasteiger charge is 2.33. The van der Waals surface area contributed by atoms with Gasteiger partial charge in [0.1, 0.15) is 5.82 Å². The van der Waals surface area contributed by atoms with Crippen molar-refractivity contribution in [3.8, 4) is 0 Å². The quantitative estimate of drug-likeness (QED) is 0.882. The molecule has 0 fully saturated rings. The van der Waals surface area contributed by atoms with E-state index in [2.05, 4.69) is 20.3 Å². The molecule has 0 amide bonds. The number of aromatic nitrogens is 3. The van der Waals surface area contributed by atoms with Gasteiger partial charge in [-0.1, -0.05) is 6.07 Å². The van der Waals surface area contributed by atoms with E-state index < -0.39 is 17.2 Å². The number of anilines is 1. The zero-order chi connectivity index (χ0) is 13.9. The monoisotopic (exact) mass is 288 g/mol. The second-order valence-corrected chi connectivity index (χ2v) is 3.96. The molecule has 0 aliphatic carbocycles. The van der Waals surface area contributed by atoms with Gasteiger partial charge in [-0.15, -0.1) is 0 Å².